The predicted molar refractivity (Wildman–Crippen MR) is 65.7 cm³/mol. The van der Waals surface area contributed by atoms with Crippen LogP contribution in [0.2, 0.25) is 0 Å². The molecule has 0 aliphatic carbocycles. The Hall–Kier alpha value is -2.03. The number of ether oxygens (including phenoxy) is 1. The average molecular weight is 235 g/mol. The lowest BCUT2D eigenvalue weighted by molar-refractivity contribution is 0.306. The Labute approximate surface area is 101 Å². The highest BCUT2D eigenvalue weighted by Crippen LogP contribution is 2.27. The zero-order valence-corrected chi connectivity index (χ0v) is 10.2. The molecule has 92 valence electrons. The Morgan fingerprint density at radius 1 is 1.53 bits per heavy atom. The molecule has 2 N–H and O–H groups in total. The molecular weight excluding hydrogens is 218 g/mol. The van der Waals surface area contributed by atoms with Gasteiger partial charge in [0.25, 0.3) is 0 Å². The van der Waals surface area contributed by atoms with E-state index >= 15 is 0 Å². The highest BCUT2D eigenvalue weighted by atomic mass is 16.5. The van der Waals surface area contributed by atoms with Crippen LogP contribution in [0.4, 0.5) is 11.5 Å². The van der Waals surface area contributed by atoms with Crippen LogP contribution >= 0.6 is 0 Å². The lowest BCUT2D eigenvalue weighted by atomic mass is 10.4. The van der Waals surface area contributed by atoms with Crippen molar-refractivity contribution in [1.29, 1.82) is 5.26 Å². The van der Waals surface area contributed by atoms with E-state index in [-0.39, 0.29) is 0 Å². The number of nitriles is 1. The Kier molecular flexibility index (Phi) is 5.01. The zero-order chi connectivity index (χ0) is 12.7. The van der Waals surface area contributed by atoms with E-state index in [1.165, 1.54) is 6.33 Å². The summed E-state index contributed by atoms with van der Waals surface area (Å²) in [4.78, 5) is 9.91. The van der Waals surface area contributed by atoms with E-state index in [0.29, 0.717) is 37.0 Å². The monoisotopic (exact) mass is 235 g/mol. The van der Waals surface area contributed by atoms with Crippen LogP contribution < -0.4 is 15.4 Å². The topological polar surface area (TPSA) is 88.1 Å². The van der Waals surface area contributed by atoms with Crippen molar-refractivity contribution in [3.63, 3.8) is 0 Å². The highest BCUT2D eigenvalue weighted by molar-refractivity contribution is 5.67. The van der Waals surface area contributed by atoms with Gasteiger partial charge in [0, 0.05) is 13.6 Å². The maximum atomic E-state index is 8.54. The van der Waals surface area contributed by atoms with Crippen LogP contribution in [0.1, 0.15) is 19.8 Å². The van der Waals surface area contributed by atoms with Crippen molar-refractivity contribution in [1.82, 2.24) is 9.97 Å². The van der Waals surface area contributed by atoms with Gasteiger partial charge in [-0.15, -0.1) is 0 Å². The normalized spacial score (nSPS) is 9.71. The second kappa shape index (κ2) is 6.53. The summed E-state index contributed by atoms with van der Waals surface area (Å²) < 4.78 is 5.41. The first-order chi connectivity index (χ1) is 8.20. The van der Waals surface area contributed by atoms with Gasteiger partial charge in [-0.3, -0.25) is 0 Å². The first-order valence-corrected chi connectivity index (χ1v) is 5.52. The van der Waals surface area contributed by atoms with E-state index in [4.69, 9.17) is 15.7 Å². The van der Waals surface area contributed by atoms with E-state index < -0.39 is 0 Å². The molecular formula is C11H17N5O. The van der Waals surface area contributed by atoms with Crippen molar-refractivity contribution in [3.8, 4) is 11.9 Å². The summed E-state index contributed by atoms with van der Waals surface area (Å²) in [7, 11) is 1.83. The average Bonchev–Trinajstić information content (AvgIpc) is 2.34. The van der Waals surface area contributed by atoms with Gasteiger partial charge in [-0.25, -0.2) is 4.98 Å². The second-order valence-electron chi connectivity index (χ2n) is 3.59. The Morgan fingerprint density at radius 3 is 2.94 bits per heavy atom. The van der Waals surface area contributed by atoms with Gasteiger partial charge in [0.2, 0.25) is 5.88 Å². The van der Waals surface area contributed by atoms with Gasteiger partial charge in [-0.2, -0.15) is 10.2 Å². The molecule has 0 aromatic carbocycles. The molecule has 1 rings (SSSR count). The maximum Gasteiger partial charge on any atom is 0.242 e. The number of anilines is 2. The first kappa shape index (κ1) is 13.0. The Balaban J connectivity index is 2.82. The predicted octanol–water partition coefficient (Wildman–Crippen LogP) is 1.20. The summed E-state index contributed by atoms with van der Waals surface area (Å²) in [5.74, 6) is 1.00. The lowest BCUT2D eigenvalue weighted by Gasteiger charge is -2.19. The molecule has 17 heavy (non-hydrogen) atoms. The number of aromatic nitrogens is 2. The molecule has 0 saturated heterocycles. The minimum Gasteiger partial charge on any atom is -0.476 e. The largest absolute Gasteiger partial charge is 0.476 e. The van der Waals surface area contributed by atoms with Crippen molar-refractivity contribution in [2.45, 2.75) is 19.8 Å². The Morgan fingerprint density at radius 2 is 2.29 bits per heavy atom. The van der Waals surface area contributed by atoms with Gasteiger partial charge in [0.15, 0.2) is 5.82 Å². The summed E-state index contributed by atoms with van der Waals surface area (Å²) in [6.45, 7) is 3.16. The summed E-state index contributed by atoms with van der Waals surface area (Å²) in [6, 6.07) is 2.08. The number of nitrogen functional groups attached to an aromatic ring is 1. The van der Waals surface area contributed by atoms with Crippen LogP contribution in [0, 0.1) is 11.3 Å². The SMILES string of the molecule is CCCOc1ncnc(N(C)CCC#N)c1N. The van der Waals surface area contributed by atoms with E-state index in [1.807, 2.05) is 18.9 Å². The van der Waals surface area contributed by atoms with Gasteiger partial charge in [0.05, 0.1) is 19.1 Å². The fraction of sp³-hybridized carbons (Fsp3) is 0.545. The van der Waals surface area contributed by atoms with Gasteiger partial charge >= 0.3 is 0 Å². The van der Waals surface area contributed by atoms with Gasteiger partial charge in [0.1, 0.15) is 12.0 Å². The third-order valence-corrected chi connectivity index (χ3v) is 2.19. The summed E-state index contributed by atoms with van der Waals surface area (Å²) in [5, 5.41) is 8.54. The molecule has 0 spiro atoms. The first-order valence-electron chi connectivity index (χ1n) is 5.52. The molecule has 0 bridgehead atoms. The highest BCUT2D eigenvalue weighted by Gasteiger charge is 2.12. The molecule has 1 aromatic heterocycles. The molecule has 0 radical (unpaired) electrons. The standard InChI is InChI=1S/C11H17N5O/c1-3-7-17-11-9(13)10(14-8-15-11)16(2)6-4-5-12/h8H,3-4,6-7,13H2,1-2H3. The van der Waals surface area contributed by atoms with Gasteiger partial charge in [-0.1, -0.05) is 6.92 Å². The fourth-order valence-electron chi connectivity index (χ4n) is 1.31. The van der Waals surface area contributed by atoms with Crippen LogP contribution in [0.15, 0.2) is 6.33 Å². The molecule has 6 heteroatoms. The fourth-order valence-corrected chi connectivity index (χ4v) is 1.31. The summed E-state index contributed by atoms with van der Waals surface area (Å²) in [6.07, 6.45) is 2.73. The van der Waals surface area contributed by atoms with Crippen molar-refractivity contribution in [3.05, 3.63) is 6.33 Å². The van der Waals surface area contributed by atoms with E-state index in [9.17, 15) is 0 Å². The van der Waals surface area contributed by atoms with Crippen molar-refractivity contribution < 1.29 is 4.74 Å². The molecule has 1 heterocycles. The van der Waals surface area contributed by atoms with Crippen LogP contribution in [0.3, 0.4) is 0 Å². The van der Waals surface area contributed by atoms with Crippen LogP contribution in [-0.4, -0.2) is 30.2 Å². The second-order valence-corrected chi connectivity index (χ2v) is 3.59. The molecule has 0 amide bonds. The number of nitrogens with zero attached hydrogens (tertiary/aromatic N) is 4. The zero-order valence-electron chi connectivity index (χ0n) is 10.2. The quantitative estimate of drug-likeness (QED) is 0.797. The molecule has 1 aromatic rings. The Bertz CT molecular complexity index is 401. The molecule has 0 fully saturated rings. The van der Waals surface area contributed by atoms with Crippen molar-refractivity contribution in [2.75, 3.05) is 30.8 Å². The third kappa shape index (κ3) is 3.48. The molecule has 0 aliphatic heterocycles. The minimum absolute atomic E-state index is 0.403. The van der Waals surface area contributed by atoms with E-state index in [1.54, 1.807) is 0 Å². The molecule has 0 atom stereocenters. The minimum atomic E-state index is 0.403. The summed E-state index contributed by atoms with van der Waals surface area (Å²) >= 11 is 0. The molecule has 0 saturated carbocycles. The molecule has 0 unspecified atom stereocenters. The lowest BCUT2D eigenvalue weighted by Crippen LogP contribution is -2.21. The maximum absolute atomic E-state index is 8.54. The number of hydrogen-bond acceptors (Lipinski definition) is 6. The van der Waals surface area contributed by atoms with Crippen LogP contribution in [0.5, 0.6) is 5.88 Å². The van der Waals surface area contributed by atoms with Gasteiger partial charge in [-0.05, 0) is 6.42 Å². The van der Waals surface area contributed by atoms with E-state index in [0.717, 1.165) is 6.42 Å². The number of hydrogen-bond donors (Lipinski definition) is 1. The van der Waals surface area contributed by atoms with Crippen LogP contribution in [0.25, 0.3) is 0 Å². The third-order valence-electron chi connectivity index (χ3n) is 2.19. The van der Waals surface area contributed by atoms with E-state index in [2.05, 4.69) is 16.0 Å². The van der Waals surface area contributed by atoms with Crippen molar-refractivity contribution >= 4 is 11.5 Å². The van der Waals surface area contributed by atoms with Gasteiger partial charge < -0.3 is 15.4 Å². The number of rotatable bonds is 6. The van der Waals surface area contributed by atoms with Crippen LogP contribution in [-0.2, 0) is 0 Å². The van der Waals surface area contributed by atoms with Crippen molar-refractivity contribution in [2.24, 2.45) is 0 Å². The summed E-state index contributed by atoms with van der Waals surface area (Å²) in [5.41, 5.74) is 6.34. The number of nitrogens with two attached hydrogens (primary N) is 1. The smallest absolute Gasteiger partial charge is 0.242 e. The molecule has 6 nitrogen and oxygen atoms in total. The molecule has 0 aliphatic rings.